The Morgan fingerprint density at radius 1 is 1.00 bits per heavy atom. The molecule has 2 saturated heterocycles. The molecule has 100 valence electrons. The number of cyclic esters (lactones) is 1. The minimum Gasteiger partial charge on any atom is -0.430 e. The van der Waals surface area contributed by atoms with Crippen molar-refractivity contribution in [1.82, 2.24) is 10.0 Å². The van der Waals surface area contributed by atoms with Crippen molar-refractivity contribution >= 4 is 12.0 Å². The number of hydrazine groups is 1. The number of benzene rings is 1. The number of hydrogen-bond donors (Lipinski definition) is 0. The number of amides is 2. The summed E-state index contributed by atoms with van der Waals surface area (Å²) in [6.45, 7) is 1.48. The summed E-state index contributed by atoms with van der Waals surface area (Å²) in [5, 5.41) is 2.98. The molecule has 19 heavy (non-hydrogen) atoms. The topological polar surface area (TPSA) is 49.9 Å². The number of carbonyl (C=O) groups excluding carboxylic acids is 2. The molecule has 0 spiro atoms. The minimum atomic E-state index is -0.796. The molecule has 5 nitrogen and oxygen atoms in total. The standard InChI is InChI=1S/C14H16N2O3/c17-13-12(11-7-3-1-4-8-11)19-14(18)16(13)15-9-5-2-6-10-15/h1,3-4,7-8,12H,2,5-6,9-10H2. The molecule has 0 saturated carbocycles. The Kier molecular flexibility index (Phi) is 3.21. The van der Waals surface area contributed by atoms with Gasteiger partial charge in [-0.25, -0.2) is 9.80 Å². The molecule has 2 fully saturated rings. The van der Waals surface area contributed by atoms with Crippen molar-refractivity contribution in [2.45, 2.75) is 25.4 Å². The number of rotatable bonds is 2. The zero-order valence-corrected chi connectivity index (χ0v) is 10.6. The van der Waals surface area contributed by atoms with Gasteiger partial charge in [0.15, 0.2) is 0 Å². The van der Waals surface area contributed by atoms with E-state index in [1.807, 2.05) is 18.2 Å². The van der Waals surface area contributed by atoms with Crippen molar-refractivity contribution in [3.8, 4) is 0 Å². The molecule has 0 aromatic heterocycles. The summed E-state index contributed by atoms with van der Waals surface area (Å²) in [5.74, 6) is -0.280. The van der Waals surface area contributed by atoms with E-state index < -0.39 is 12.2 Å². The van der Waals surface area contributed by atoms with Crippen molar-refractivity contribution in [2.24, 2.45) is 0 Å². The summed E-state index contributed by atoms with van der Waals surface area (Å²) >= 11 is 0. The SMILES string of the molecule is O=C1OC(c2ccccc2)C(=O)N1N1CCCCC1. The highest BCUT2D eigenvalue weighted by molar-refractivity contribution is 6.00. The zero-order chi connectivity index (χ0) is 13.2. The van der Waals surface area contributed by atoms with Crippen molar-refractivity contribution in [3.05, 3.63) is 35.9 Å². The first kappa shape index (κ1) is 12.2. The second kappa shape index (κ2) is 5.01. The Morgan fingerprint density at radius 3 is 2.37 bits per heavy atom. The van der Waals surface area contributed by atoms with Gasteiger partial charge < -0.3 is 4.74 Å². The smallest absolute Gasteiger partial charge is 0.430 e. The average molecular weight is 260 g/mol. The number of imide groups is 1. The van der Waals surface area contributed by atoms with Gasteiger partial charge in [0, 0.05) is 18.7 Å². The number of ether oxygens (including phenoxy) is 1. The van der Waals surface area contributed by atoms with Crippen LogP contribution in [0.15, 0.2) is 30.3 Å². The molecule has 2 aliphatic heterocycles. The van der Waals surface area contributed by atoms with Gasteiger partial charge in [0.1, 0.15) is 0 Å². The molecule has 1 aromatic rings. The second-order valence-electron chi connectivity index (χ2n) is 4.84. The molecule has 0 radical (unpaired) electrons. The fraction of sp³-hybridized carbons (Fsp3) is 0.429. The molecular formula is C14H16N2O3. The monoisotopic (exact) mass is 260 g/mol. The number of carbonyl (C=O) groups is 2. The Hall–Kier alpha value is -1.88. The van der Waals surface area contributed by atoms with E-state index in [-0.39, 0.29) is 5.91 Å². The highest BCUT2D eigenvalue weighted by Crippen LogP contribution is 2.29. The lowest BCUT2D eigenvalue weighted by atomic mass is 10.1. The minimum absolute atomic E-state index is 0.280. The fourth-order valence-electron chi connectivity index (χ4n) is 2.57. The zero-order valence-electron chi connectivity index (χ0n) is 10.6. The second-order valence-corrected chi connectivity index (χ2v) is 4.84. The highest BCUT2D eigenvalue weighted by atomic mass is 16.6. The van der Waals surface area contributed by atoms with Crippen LogP contribution < -0.4 is 0 Å². The summed E-state index contributed by atoms with van der Waals surface area (Å²) in [6, 6.07) is 9.14. The van der Waals surface area contributed by atoms with Crippen molar-refractivity contribution < 1.29 is 14.3 Å². The van der Waals surface area contributed by atoms with Crippen LogP contribution >= 0.6 is 0 Å². The van der Waals surface area contributed by atoms with Gasteiger partial charge in [-0.15, -0.1) is 0 Å². The summed E-state index contributed by atoms with van der Waals surface area (Å²) in [5.41, 5.74) is 0.723. The van der Waals surface area contributed by atoms with Crippen LogP contribution in [0, 0.1) is 0 Å². The van der Waals surface area contributed by atoms with Crippen LogP contribution in [0.5, 0.6) is 0 Å². The molecule has 5 heteroatoms. The van der Waals surface area contributed by atoms with Crippen molar-refractivity contribution in [3.63, 3.8) is 0 Å². The average Bonchev–Trinajstić information content (AvgIpc) is 2.76. The van der Waals surface area contributed by atoms with Gasteiger partial charge in [0.25, 0.3) is 5.91 Å². The van der Waals surface area contributed by atoms with E-state index in [0.29, 0.717) is 0 Å². The van der Waals surface area contributed by atoms with Crippen LogP contribution in [-0.2, 0) is 9.53 Å². The molecule has 2 amide bonds. The van der Waals surface area contributed by atoms with Gasteiger partial charge in [0.2, 0.25) is 6.10 Å². The Bertz CT molecular complexity index is 483. The lowest BCUT2D eigenvalue weighted by molar-refractivity contribution is -0.141. The van der Waals surface area contributed by atoms with E-state index in [4.69, 9.17) is 4.74 Å². The van der Waals surface area contributed by atoms with Crippen molar-refractivity contribution in [2.75, 3.05) is 13.1 Å². The van der Waals surface area contributed by atoms with Gasteiger partial charge in [0.05, 0.1) is 0 Å². The maximum Gasteiger partial charge on any atom is 0.432 e. The van der Waals surface area contributed by atoms with Crippen LogP contribution in [0.2, 0.25) is 0 Å². The van der Waals surface area contributed by atoms with E-state index >= 15 is 0 Å². The molecule has 1 aromatic carbocycles. The summed E-state index contributed by atoms with van der Waals surface area (Å²) < 4.78 is 5.22. The molecule has 0 bridgehead atoms. The molecule has 0 aliphatic carbocycles. The van der Waals surface area contributed by atoms with Gasteiger partial charge >= 0.3 is 6.09 Å². The first-order valence-corrected chi connectivity index (χ1v) is 6.62. The fourth-order valence-corrected chi connectivity index (χ4v) is 2.57. The number of nitrogens with zero attached hydrogens (tertiary/aromatic N) is 2. The molecule has 1 unspecified atom stereocenters. The van der Waals surface area contributed by atoms with Gasteiger partial charge in [-0.3, -0.25) is 4.79 Å². The summed E-state index contributed by atoms with van der Waals surface area (Å²) in [7, 11) is 0. The van der Waals surface area contributed by atoms with Crippen molar-refractivity contribution in [1.29, 1.82) is 0 Å². The van der Waals surface area contributed by atoms with Gasteiger partial charge in [-0.1, -0.05) is 36.8 Å². The largest absolute Gasteiger partial charge is 0.432 e. The predicted octanol–water partition coefficient (Wildman–Crippen LogP) is 2.11. The van der Waals surface area contributed by atoms with E-state index in [9.17, 15) is 9.59 Å². The molecule has 2 heterocycles. The first-order chi connectivity index (χ1) is 9.27. The maximum absolute atomic E-state index is 12.4. The third-order valence-electron chi connectivity index (χ3n) is 3.54. The van der Waals surface area contributed by atoms with E-state index in [1.54, 1.807) is 17.1 Å². The van der Waals surface area contributed by atoms with Crippen LogP contribution in [0.4, 0.5) is 4.79 Å². The van der Waals surface area contributed by atoms with Crippen LogP contribution in [0.25, 0.3) is 0 Å². The van der Waals surface area contributed by atoms with Crippen LogP contribution in [0.3, 0.4) is 0 Å². The Morgan fingerprint density at radius 2 is 1.68 bits per heavy atom. The quantitative estimate of drug-likeness (QED) is 0.817. The van der Waals surface area contributed by atoms with Gasteiger partial charge in [-0.2, -0.15) is 5.01 Å². The highest BCUT2D eigenvalue weighted by Gasteiger charge is 2.44. The third kappa shape index (κ3) is 2.21. The van der Waals surface area contributed by atoms with Gasteiger partial charge in [-0.05, 0) is 12.8 Å². The lowest BCUT2D eigenvalue weighted by Gasteiger charge is -2.31. The third-order valence-corrected chi connectivity index (χ3v) is 3.54. The molecule has 3 rings (SSSR count). The molecular weight excluding hydrogens is 244 g/mol. The van der Waals surface area contributed by atoms with E-state index in [0.717, 1.165) is 37.9 Å². The normalized spacial score (nSPS) is 24.6. The van der Waals surface area contributed by atoms with E-state index in [2.05, 4.69) is 0 Å². The number of hydrogen-bond acceptors (Lipinski definition) is 4. The predicted molar refractivity (Wildman–Crippen MR) is 67.9 cm³/mol. The Labute approximate surface area is 111 Å². The Balaban J connectivity index is 1.81. The molecule has 2 aliphatic rings. The summed E-state index contributed by atoms with van der Waals surface area (Å²) in [4.78, 5) is 24.3. The maximum atomic E-state index is 12.4. The van der Waals surface area contributed by atoms with E-state index in [1.165, 1.54) is 5.01 Å². The first-order valence-electron chi connectivity index (χ1n) is 6.62. The number of piperidine rings is 1. The molecule has 1 atom stereocenters. The van der Waals surface area contributed by atoms with Crippen LogP contribution in [-0.4, -0.2) is 35.1 Å². The molecule has 0 N–H and O–H groups in total. The van der Waals surface area contributed by atoms with Crippen LogP contribution in [0.1, 0.15) is 30.9 Å². The lowest BCUT2D eigenvalue weighted by Crippen LogP contribution is -2.48. The summed E-state index contributed by atoms with van der Waals surface area (Å²) in [6.07, 6.45) is 1.81.